The molecular formula is C17H19ClFNS. The van der Waals surface area contributed by atoms with Crippen LogP contribution >= 0.6 is 23.4 Å². The molecule has 2 rings (SSSR count). The second kappa shape index (κ2) is 7.30. The number of hydrogen-bond acceptors (Lipinski definition) is 2. The lowest BCUT2D eigenvalue weighted by Crippen LogP contribution is -2.21. The maximum Gasteiger partial charge on any atom is 0.128 e. The fourth-order valence-corrected chi connectivity index (χ4v) is 3.75. The first-order chi connectivity index (χ1) is 10.0. The van der Waals surface area contributed by atoms with Gasteiger partial charge in [0.25, 0.3) is 0 Å². The minimum Gasteiger partial charge on any atom is -0.312 e. The lowest BCUT2D eigenvalue weighted by molar-refractivity contribution is 0.561. The predicted octanol–water partition coefficient (Wildman–Crippen LogP) is 5.15. The minimum absolute atomic E-state index is 0.0328. The molecule has 0 aliphatic rings. The number of thioether (sulfide) groups is 1. The zero-order chi connectivity index (χ0) is 15.4. The van der Waals surface area contributed by atoms with Gasteiger partial charge in [-0.05, 0) is 56.3 Å². The van der Waals surface area contributed by atoms with Gasteiger partial charge >= 0.3 is 0 Å². The van der Waals surface area contributed by atoms with Gasteiger partial charge in [0.15, 0.2) is 0 Å². The highest BCUT2D eigenvalue weighted by Gasteiger charge is 2.17. The SMILES string of the molecule is CNC(CSc1cccc(Cl)c1)c1c(C)cc(C)cc1F. The average Bonchev–Trinajstić information content (AvgIpc) is 2.41. The van der Waals surface area contributed by atoms with E-state index < -0.39 is 0 Å². The fraction of sp³-hybridized carbons (Fsp3) is 0.294. The molecule has 112 valence electrons. The Morgan fingerprint density at radius 1 is 1.24 bits per heavy atom. The van der Waals surface area contributed by atoms with Gasteiger partial charge < -0.3 is 5.32 Å². The van der Waals surface area contributed by atoms with Gasteiger partial charge in [0, 0.05) is 27.3 Å². The Hall–Kier alpha value is -1.03. The Morgan fingerprint density at radius 3 is 2.62 bits per heavy atom. The fourth-order valence-electron chi connectivity index (χ4n) is 2.42. The first kappa shape index (κ1) is 16.3. The van der Waals surface area contributed by atoms with Crippen LogP contribution in [0, 0.1) is 19.7 Å². The number of rotatable bonds is 5. The molecule has 0 aliphatic heterocycles. The molecule has 0 fully saturated rings. The molecule has 0 spiro atoms. The third kappa shape index (κ3) is 4.22. The van der Waals surface area contributed by atoms with Crippen molar-refractivity contribution in [2.75, 3.05) is 12.8 Å². The number of halogens is 2. The molecule has 1 N–H and O–H groups in total. The van der Waals surface area contributed by atoms with Gasteiger partial charge in [-0.25, -0.2) is 4.39 Å². The summed E-state index contributed by atoms with van der Waals surface area (Å²) in [7, 11) is 1.86. The normalized spacial score (nSPS) is 12.4. The van der Waals surface area contributed by atoms with Crippen LogP contribution in [0.25, 0.3) is 0 Å². The smallest absolute Gasteiger partial charge is 0.128 e. The molecular weight excluding hydrogens is 305 g/mol. The van der Waals surface area contributed by atoms with Crippen LogP contribution in [0.2, 0.25) is 5.02 Å². The van der Waals surface area contributed by atoms with Crippen LogP contribution in [0.3, 0.4) is 0 Å². The highest BCUT2D eigenvalue weighted by Crippen LogP contribution is 2.29. The summed E-state index contributed by atoms with van der Waals surface area (Å²) in [6.07, 6.45) is 0. The van der Waals surface area contributed by atoms with Crippen molar-refractivity contribution in [3.8, 4) is 0 Å². The van der Waals surface area contributed by atoms with Crippen LogP contribution in [0.1, 0.15) is 22.7 Å². The van der Waals surface area contributed by atoms with E-state index >= 15 is 0 Å². The highest BCUT2D eigenvalue weighted by molar-refractivity contribution is 7.99. The number of aryl methyl sites for hydroxylation is 2. The van der Waals surface area contributed by atoms with E-state index in [9.17, 15) is 4.39 Å². The van der Waals surface area contributed by atoms with Crippen molar-refractivity contribution >= 4 is 23.4 Å². The van der Waals surface area contributed by atoms with E-state index in [1.807, 2.05) is 51.2 Å². The first-order valence-corrected chi connectivity index (χ1v) is 8.20. The van der Waals surface area contributed by atoms with Crippen LogP contribution in [0.15, 0.2) is 41.3 Å². The van der Waals surface area contributed by atoms with E-state index in [1.54, 1.807) is 17.8 Å². The van der Waals surface area contributed by atoms with E-state index in [-0.39, 0.29) is 11.9 Å². The van der Waals surface area contributed by atoms with Crippen molar-refractivity contribution in [3.05, 3.63) is 63.9 Å². The summed E-state index contributed by atoms with van der Waals surface area (Å²) >= 11 is 7.66. The van der Waals surface area contributed by atoms with Crippen molar-refractivity contribution < 1.29 is 4.39 Å². The van der Waals surface area contributed by atoms with Crippen molar-refractivity contribution in [2.24, 2.45) is 0 Å². The van der Waals surface area contributed by atoms with Gasteiger partial charge in [-0.15, -0.1) is 11.8 Å². The molecule has 0 saturated carbocycles. The second-order valence-corrected chi connectivity index (χ2v) is 6.62. The van der Waals surface area contributed by atoms with Crippen LogP contribution in [0.5, 0.6) is 0 Å². The summed E-state index contributed by atoms with van der Waals surface area (Å²) in [5.41, 5.74) is 2.68. The third-order valence-corrected chi connectivity index (χ3v) is 4.71. The predicted molar refractivity (Wildman–Crippen MR) is 89.9 cm³/mol. The molecule has 0 aliphatic carbocycles. The van der Waals surface area contributed by atoms with Crippen LogP contribution in [-0.2, 0) is 0 Å². The molecule has 0 bridgehead atoms. The Labute approximate surface area is 134 Å². The molecule has 0 amide bonds. The summed E-state index contributed by atoms with van der Waals surface area (Å²) in [5, 5.41) is 3.93. The summed E-state index contributed by atoms with van der Waals surface area (Å²) in [5.74, 6) is 0.607. The Kier molecular flexibility index (Phi) is 5.68. The van der Waals surface area contributed by atoms with Gasteiger partial charge in [-0.3, -0.25) is 0 Å². The Balaban J connectivity index is 2.17. The maximum atomic E-state index is 14.3. The van der Waals surface area contributed by atoms with Gasteiger partial charge in [0.05, 0.1) is 0 Å². The third-order valence-electron chi connectivity index (χ3n) is 3.39. The molecule has 0 heterocycles. The maximum absolute atomic E-state index is 14.3. The minimum atomic E-state index is -0.140. The molecule has 1 atom stereocenters. The van der Waals surface area contributed by atoms with Crippen molar-refractivity contribution in [2.45, 2.75) is 24.8 Å². The molecule has 4 heteroatoms. The molecule has 2 aromatic rings. The van der Waals surface area contributed by atoms with Gasteiger partial charge in [0.2, 0.25) is 0 Å². The zero-order valence-electron chi connectivity index (χ0n) is 12.4. The van der Waals surface area contributed by atoms with E-state index in [0.717, 1.165) is 32.4 Å². The molecule has 21 heavy (non-hydrogen) atoms. The first-order valence-electron chi connectivity index (χ1n) is 6.83. The number of benzene rings is 2. The van der Waals surface area contributed by atoms with E-state index in [2.05, 4.69) is 5.32 Å². The molecule has 2 aromatic carbocycles. The Morgan fingerprint density at radius 2 is 2.00 bits per heavy atom. The lowest BCUT2D eigenvalue weighted by Gasteiger charge is -2.20. The molecule has 1 unspecified atom stereocenters. The zero-order valence-corrected chi connectivity index (χ0v) is 14.0. The number of hydrogen-bond donors (Lipinski definition) is 1. The lowest BCUT2D eigenvalue weighted by atomic mass is 9.99. The second-order valence-electron chi connectivity index (χ2n) is 5.09. The topological polar surface area (TPSA) is 12.0 Å². The summed E-state index contributed by atoms with van der Waals surface area (Å²) < 4.78 is 14.3. The van der Waals surface area contributed by atoms with E-state index in [0.29, 0.717) is 0 Å². The quantitative estimate of drug-likeness (QED) is 0.764. The summed E-state index contributed by atoms with van der Waals surface area (Å²) in [4.78, 5) is 1.09. The molecule has 0 aromatic heterocycles. The van der Waals surface area contributed by atoms with Gasteiger partial charge in [0.1, 0.15) is 5.82 Å². The van der Waals surface area contributed by atoms with Crippen LogP contribution in [-0.4, -0.2) is 12.8 Å². The summed E-state index contributed by atoms with van der Waals surface area (Å²) in [6, 6.07) is 11.3. The van der Waals surface area contributed by atoms with Gasteiger partial charge in [-0.2, -0.15) is 0 Å². The van der Waals surface area contributed by atoms with Gasteiger partial charge in [-0.1, -0.05) is 23.7 Å². The largest absolute Gasteiger partial charge is 0.312 e. The van der Waals surface area contributed by atoms with Crippen molar-refractivity contribution in [3.63, 3.8) is 0 Å². The van der Waals surface area contributed by atoms with E-state index in [4.69, 9.17) is 11.6 Å². The van der Waals surface area contributed by atoms with Crippen LogP contribution < -0.4 is 5.32 Å². The summed E-state index contributed by atoms with van der Waals surface area (Å²) in [6.45, 7) is 3.87. The Bertz CT molecular complexity index is 607. The molecule has 0 saturated heterocycles. The monoisotopic (exact) mass is 323 g/mol. The molecule has 0 radical (unpaired) electrons. The highest BCUT2D eigenvalue weighted by atomic mass is 35.5. The van der Waals surface area contributed by atoms with Crippen LogP contribution in [0.4, 0.5) is 4.39 Å². The number of nitrogens with one attached hydrogen (secondary N) is 1. The van der Waals surface area contributed by atoms with Crippen molar-refractivity contribution in [1.29, 1.82) is 0 Å². The van der Waals surface area contributed by atoms with E-state index in [1.165, 1.54) is 0 Å². The standard InChI is InChI=1S/C17H19ClFNS/c1-11-7-12(2)17(15(19)8-11)16(20-3)10-21-14-6-4-5-13(18)9-14/h4-9,16,20H,10H2,1-3H3. The van der Waals surface area contributed by atoms with Crippen molar-refractivity contribution in [1.82, 2.24) is 5.32 Å². The average molecular weight is 324 g/mol. The molecule has 1 nitrogen and oxygen atoms in total.